The Kier molecular flexibility index (Phi) is 8.92. The van der Waals surface area contributed by atoms with Gasteiger partial charge in [-0.05, 0) is 49.6 Å². The van der Waals surface area contributed by atoms with E-state index in [4.69, 9.17) is 32.5 Å². The second kappa shape index (κ2) is 12.6. The summed E-state index contributed by atoms with van der Waals surface area (Å²) in [6, 6.07) is 13.9. The fourth-order valence-corrected chi connectivity index (χ4v) is 5.96. The normalized spacial score (nSPS) is 17.0. The number of nitrogens with zero attached hydrogens (tertiary/aromatic N) is 4. The van der Waals surface area contributed by atoms with Crippen LogP contribution in [0.1, 0.15) is 40.6 Å². The molecule has 0 bridgehead atoms. The second-order valence-electron chi connectivity index (χ2n) is 10.1. The summed E-state index contributed by atoms with van der Waals surface area (Å²) < 4.78 is 11.7. The number of anilines is 1. The minimum absolute atomic E-state index is 0.0814. The first-order chi connectivity index (χ1) is 19.0. The van der Waals surface area contributed by atoms with Gasteiger partial charge in [0.2, 0.25) is 0 Å². The quantitative estimate of drug-likeness (QED) is 0.284. The smallest absolute Gasteiger partial charge is 0.259 e. The van der Waals surface area contributed by atoms with Crippen LogP contribution in [0.4, 0.5) is 5.69 Å². The van der Waals surface area contributed by atoms with Gasteiger partial charge in [-0.25, -0.2) is 0 Å². The predicted octanol–water partition coefficient (Wildman–Crippen LogP) is 6.26. The van der Waals surface area contributed by atoms with Crippen molar-refractivity contribution in [2.45, 2.75) is 25.9 Å². The monoisotopic (exact) mass is 568 g/mol. The highest BCUT2D eigenvalue weighted by atomic mass is 35.5. The number of aromatic nitrogens is 1. The van der Waals surface area contributed by atoms with E-state index < -0.39 is 0 Å². The Hall–Kier alpha value is -2.84. The van der Waals surface area contributed by atoms with Gasteiger partial charge in [-0.3, -0.25) is 9.69 Å². The van der Waals surface area contributed by atoms with Crippen LogP contribution in [-0.2, 0) is 4.74 Å². The van der Waals surface area contributed by atoms with Gasteiger partial charge in [-0.15, -0.1) is 6.58 Å². The first kappa shape index (κ1) is 27.7. The Bertz CT molecular complexity index is 1290. The molecule has 1 aromatic heterocycles. The molecule has 0 unspecified atom stereocenters. The van der Waals surface area contributed by atoms with Gasteiger partial charge in [0, 0.05) is 57.1 Å². The van der Waals surface area contributed by atoms with Crippen molar-refractivity contribution < 1.29 is 14.1 Å². The predicted molar refractivity (Wildman–Crippen MR) is 156 cm³/mol. The number of hydrogen-bond acceptors (Lipinski definition) is 6. The van der Waals surface area contributed by atoms with Crippen LogP contribution in [0.15, 0.2) is 59.6 Å². The molecule has 3 aromatic rings. The van der Waals surface area contributed by atoms with Crippen molar-refractivity contribution >= 4 is 34.8 Å². The maximum absolute atomic E-state index is 13.6. The van der Waals surface area contributed by atoms with Crippen LogP contribution in [0.5, 0.6) is 0 Å². The molecular weight excluding hydrogens is 535 g/mol. The van der Waals surface area contributed by atoms with E-state index in [-0.39, 0.29) is 12.0 Å². The van der Waals surface area contributed by atoms with E-state index in [1.165, 1.54) is 24.1 Å². The molecule has 0 saturated carbocycles. The average molecular weight is 570 g/mol. The molecule has 2 saturated heterocycles. The first-order valence-electron chi connectivity index (χ1n) is 13.5. The molecule has 39 heavy (non-hydrogen) atoms. The van der Waals surface area contributed by atoms with E-state index in [0.29, 0.717) is 52.3 Å². The lowest BCUT2D eigenvalue weighted by Crippen LogP contribution is -2.49. The molecule has 9 heteroatoms. The standard InChI is InChI=1S/C30H34Cl2N4O3/c1-3-18-38-26(22-8-6-9-23(19-22)35-12-4-5-13-35)20-34-14-16-36(17-15-34)30(37)27-21(2)39-33-29(27)28-24(31)10-7-11-25(28)32/h3,6-11,19,26H,1,4-5,12-18,20H2,2H3/t26-/m1/s1. The molecule has 0 aliphatic carbocycles. The van der Waals surface area contributed by atoms with Gasteiger partial charge in [0.1, 0.15) is 17.0 Å². The van der Waals surface area contributed by atoms with Crippen LogP contribution in [0.3, 0.4) is 0 Å². The topological polar surface area (TPSA) is 62.1 Å². The van der Waals surface area contributed by atoms with Gasteiger partial charge in [-0.1, -0.05) is 52.6 Å². The number of ether oxygens (including phenoxy) is 1. The minimum Gasteiger partial charge on any atom is -0.372 e. The van der Waals surface area contributed by atoms with Crippen molar-refractivity contribution in [2.24, 2.45) is 0 Å². The van der Waals surface area contributed by atoms with Crippen LogP contribution < -0.4 is 4.90 Å². The Labute approximate surface area is 239 Å². The van der Waals surface area contributed by atoms with Gasteiger partial charge in [-0.2, -0.15) is 0 Å². The third-order valence-corrected chi connectivity index (χ3v) is 8.12. The molecule has 206 valence electrons. The van der Waals surface area contributed by atoms with E-state index in [1.54, 1.807) is 31.2 Å². The van der Waals surface area contributed by atoms with Crippen LogP contribution in [0.25, 0.3) is 11.3 Å². The van der Waals surface area contributed by atoms with Crippen LogP contribution in [0.2, 0.25) is 10.0 Å². The van der Waals surface area contributed by atoms with Gasteiger partial charge in [0.15, 0.2) is 0 Å². The maximum atomic E-state index is 13.6. The summed E-state index contributed by atoms with van der Waals surface area (Å²) in [6.07, 6.45) is 4.19. The lowest BCUT2D eigenvalue weighted by Gasteiger charge is -2.36. The molecule has 3 heterocycles. The number of carbonyl (C=O) groups is 1. The molecule has 7 nitrogen and oxygen atoms in total. The van der Waals surface area contributed by atoms with Gasteiger partial charge >= 0.3 is 0 Å². The molecule has 0 spiro atoms. The van der Waals surface area contributed by atoms with E-state index in [0.717, 1.165) is 32.7 Å². The van der Waals surface area contributed by atoms with Crippen molar-refractivity contribution in [1.29, 1.82) is 0 Å². The van der Waals surface area contributed by atoms with E-state index in [9.17, 15) is 4.79 Å². The Morgan fingerprint density at radius 1 is 1.08 bits per heavy atom. The number of carbonyl (C=O) groups excluding carboxylic acids is 1. The number of amides is 1. The SMILES string of the molecule is C=CCO[C@H](CN1CCN(C(=O)c2c(-c3c(Cl)cccc3Cl)noc2C)CC1)c1cccc(N2CCCC2)c1. The molecule has 1 atom stereocenters. The van der Waals surface area contributed by atoms with Gasteiger partial charge in [0.25, 0.3) is 5.91 Å². The largest absolute Gasteiger partial charge is 0.372 e. The molecule has 2 aliphatic rings. The fraction of sp³-hybridized carbons (Fsp3) is 0.400. The third kappa shape index (κ3) is 6.17. The number of hydrogen-bond donors (Lipinski definition) is 0. The van der Waals surface area contributed by atoms with Crippen molar-refractivity contribution in [3.05, 3.63) is 82.1 Å². The van der Waals surface area contributed by atoms with Gasteiger partial charge < -0.3 is 19.1 Å². The van der Waals surface area contributed by atoms with Crippen LogP contribution in [0, 0.1) is 6.92 Å². The highest BCUT2D eigenvalue weighted by Crippen LogP contribution is 2.37. The van der Waals surface area contributed by atoms with Crippen molar-refractivity contribution in [2.75, 3.05) is 57.3 Å². The molecule has 0 N–H and O–H groups in total. The summed E-state index contributed by atoms with van der Waals surface area (Å²) in [5.41, 5.74) is 3.72. The summed E-state index contributed by atoms with van der Waals surface area (Å²) >= 11 is 12.8. The number of benzene rings is 2. The molecule has 5 rings (SSSR count). The average Bonchev–Trinajstić information content (AvgIpc) is 3.62. The second-order valence-corrected chi connectivity index (χ2v) is 10.9. The molecular formula is C30H34Cl2N4O3. The molecule has 2 aromatic carbocycles. The first-order valence-corrected chi connectivity index (χ1v) is 14.2. The Balaban J connectivity index is 1.27. The van der Waals surface area contributed by atoms with E-state index in [1.807, 2.05) is 4.90 Å². The number of piperazine rings is 1. The van der Waals surface area contributed by atoms with E-state index >= 15 is 0 Å². The van der Waals surface area contributed by atoms with E-state index in [2.05, 4.69) is 45.8 Å². The van der Waals surface area contributed by atoms with Crippen molar-refractivity contribution in [3.63, 3.8) is 0 Å². The fourth-order valence-electron chi connectivity index (χ4n) is 5.38. The summed E-state index contributed by atoms with van der Waals surface area (Å²) in [5, 5.41) is 5.00. The maximum Gasteiger partial charge on any atom is 0.259 e. The van der Waals surface area contributed by atoms with Crippen molar-refractivity contribution in [1.82, 2.24) is 15.0 Å². The highest BCUT2D eigenvalue weighted by molar-refractivity contribution is 6.39. The summed E-state index contributed by atoms with van der Waals surface area (Å²) in [4.78, 5) is 20.3. The zero-order valence-electron chi connectivity index (χ0n) is 22.2. The lowest BCUT2D eigenvalue weighted by atomic mass is 10.0. The van der Waals surface area contributed by atoms with Crippen molar-refractivity contribution in [3.8, 4) is 11.3 Å². The Morgan fingerprint density at radius 2 is 1.77 bits per heavy atom. The Morgan fingerprint density at radius 3 is 2.46 bits per heavy atom. The molecule has 1 amide bonds. The van der Waals surface area contributed by atoms with Crippen LogP contribution in [-0.4, -0.2) is 73.3 Å². The third-order valence-electron chi connectivity index (χ3n) is 7.49. The van der Waals surface area contributed by atoms with Crippen LogP contribution >= 0.6 is 23.2 Å². The zero-order chi connectivity index (χ0) is 27.4. The zero-order valence-corrected chi connectivity index (χ0v) is 23.8. The summed E-state index contributed by atoms with van der Waals surface area (Å²) in [7, 11) is 0. The number of aryl methyl sites for hydroxylation is 1. The summed E-state index contributed by atoms with van der Waals surface area (Å²) in [5.74, 6) is 0.321. The molecule has 0 radical (unpaired) electrons. The number of halogens is 2. The lowest BCUT2D eigenvalue weighted by molar-refractivity contribution is 0.0245. The molecule has 2 aliphatic heterocycles. The van der Waals surface area contributed by atoms with Gasteiger partial charge in [0.05, 0.1) is 22.8 Å². The minimum atomic E-state index is -0.128. The highest BCUT2D eigenvalue weighted by Gasteiger charge is 2.31. The summed E-state index contributed by atoms with van der Waals surface area (Å²) in [6.45, 7) is 11.6. The molecule has 2 fully saturated rings. The number of rotatable bonds is 9.